The molecule has 0 bridgehead atoms. The first-order chi connectivity index (χ1) is 14.4. The number of aryl methyl sites for hydroxylation is 1. The molecule has 3 aromatic rings. The lowest BCUT2D eigenvalue weighted by atomic mass is 9.95. The second-order valence-corrected chi connectivity index (χ2v) is 7.83. The van der Waals surface area contributed by atoms with E-state index >= 15 is 0 Å². The monoisotopic (exact) mass is 413 g/mol. The largest absolute Gasteiger partial charge is 0.352 e. The van der Waals surface area contributed by atoms with Crippen molar-refractivity contribution in [2.75, 3.05) is 0 Å². The lowest BCUT2D eigenvalue weighted by molar-refractivity contribution is -0.122. The van der Waals surface area contributed by atoms with Crippen molar-refractivity contribution in [3.8, 4) is 0 Å². The highest BCUT2D eigenvalue weighted by Gasteiger charge is 2.20. The predicted octanol–water partition coefficient (Wildman–Crippen LogP) is 1.53. The molecule has 1 fully saturated rings. The van der Waals surface area contributed by atoms with Crippen LogP contribution in [0.2, 0.25) is 0 Å². The van der Waals surface area contributed by atoms with Gasteiger partial charge in [0, 0.05) is 19.3 Å². The number of nitrogens with zero attached hydrogens (tertiary/aromatic N) is 4. The van der Waals surface area contributed by atoms with Crippen molar-refractivity contribution >= 4 is 16.9 Å². The highest BCUT2D eigenvalue weighted by atomic mass is 19.1. The first-order valence-electron chi connectivity index (χ1n) is 10.1. The zero-order chi connectivity index (χ0) is 21.3. The molecule has 158 valence electrons. The number of carbonyl (C=O) groups excluding carboxylic acids is 1. The number of amides is 1. The molecule has 0 aliphatic heterocycles. The average Bonchev–Trinajstić information content (AvgIpc) is 3.12. The van der Waals surface area contributed by atoms with E-state index in [2.05, 4.69) is 10.4 Å². The highest BCUT2D eigenvalue weighted by Crippen LogP contribution is 2.17. The van der Waals surface area contributed by atoms with E-state index in [0.29, 0.717) is 11.1 Å². The summed E-state index contributed by atoms with van der Waals surface area (Å²) in [6, 6.07) is 5.70. The topological polar surface area (TPSA) is 90.9 Å². The van der Waals surface area contributed by atoms with Gasteiger partial charge >= 0.3 is 5.69 Å². The minimum atomic E-state index is -0.594. The van der Waals surface area contributed by atoms with Gasteiger partial charge in [-0.05, 0) is 30.5 Å². The summed E-state index contributed by atoms with van der Waals surface area (Å²) in [5, 5.41) is 7.19. The van der Waals surface area contributed by atoms with E-state index in [-0.39, 0.29) is 30.6 Å². The molecule has 2 heterocycles. The Labute approximate surface area is 171 Å². The zero-order valence-electron chi connectivity index (χ0n) is 16.8. The molecule has 1 aromatic carbocycles. The molecule has 1 N–H and O–H groups in total. The molecular weight excluding hydrogens is 389 g/mol. The fraction of sp³-hybridized carbons (Fsp3) is 0.429. The van der Waals surface area contributed by atoms with Crippen molar-refractivity contribution in [1.29, 1.82) is 0 Å². The number of benzene rings is 1. The van der Waals surface area contributed by atoms with Crippen molar-refractivity contribution < 1.29 is 9.18 Å². The maximum absolute atomic E-state index is 13.2. The number of fused-ring (bicyclic) bond motifs is 1. The Hall–Kier alpha value is -3.23. The van der Waals surface area contributed by atoms with Gasteiger partial charge in [-0.2, -0.15) is 5.10 Å². The van der Waals surface area contributed by atoms with Gasteiger partial charge in [-0.25, -0.2) is 9.18 Å². The smallest absolute Gasteiger partial charge is 0.332 e. The van der Waals surface area contributed by atoms with Crippen LogP contribution in [0.15, 0.2) is 40.1 Å². The number of hydrogen-bond acceptors (Lipinski definition) is 4. The molecular formula is C21H24FN5O3. The van der Waals surface area contributed by atoms with Gasteiger partial charge in [0.1, 0.15) is 12.4 Å². The minimum absolute atomic E-state index is 0.0330. The molecule has 0 unspecified atom stereocenters. The SMILES string of the molecule is Cn1cc2c(n1)c(=O)n(Cc1ccc(F)cc1)c(=O)n2CC(=O)NC1CCCCC1. The second kappa shape index (κ2) is 8.25. The Kier molecular flexibility index (Phi) is 5.52. The third-order valence-corrected chi connectivity index (χ3v) is 5.54. The van der Waals surface area contributed by atoms with Crippen LogP contribution in [0.4, 0.5) is 4.39 Å². The highest BCUT2D eigenvalue weighted by molar-refractivity contribution is 5.79. The fourth-order valence-corrected chi connectivity index (χ4v) is 4.02. The molecule has 4 rings (SSSR count). The molecule has 1 amide bonds. The summed E-state index contributed by atoms with van der Waals surface area (Å²) in [4.78, 5) is 38.7. The lowest BCUT2D eigenvalue weighted by Crippen LogP contribution is -2.44. The molecule has 1 saturated carbocycles. The van der Waals surface area contributed by atoms with Crippen molar-refractivity contribution in [1.82, 2.24) is 24.2 Å². The van der Waals surface area contributed by atoms with Gasteiger partial charge in [0.25, 0.3) is 5.56 Å². The fourth-order valence-electron chi connectivity index (χ4n) is 4.02. The third kappa shape index (κ3) is 4.05. The van der Waals surface area contributed by atoms with Gasteiger partial charge in [0.05, 0.1) is 12.1 Å². The Balaban J connectivity index is 1.70. The van der Waals surface area contributed by atoms with E-state index in [1.54, 1.807) is 13.2 Å². The number of aromatic nitrogens is 4. The van der Waals surface area contributed by atoms with Gasteiger partial charge in [0.2, 0.25) is 5.91 Å². The molecule has 0 saturated heterocycles. The van der Waals surface area contributed by atoms with Gasteiger partial charge in [0.15, 0.2) is 5.52 Å². The number of halogens is 1. The first kappa shape index (κ1) is 20.1. The van der Waals surface area contributed by atoms with Crippen LogP contribution in [0.25, 0.3) is 11.0 Å². The molecule has 1 aliphatic carbocycles. The summed E-state index contributed by atoms with van der Waals surface area (Å²) in [5.41, 5.74) is -0.0945. The van der Waals surface area contributed by atoms with Crippen LogP contribution in [0.5, 0.6) is 0 Å². The van der Waals surface area contributed by atoms with Crippen molar-refractivity contribution in [2.45, 2.75) is 51.2 Å². The Morgan fingerprint density at radius 2 is 1.83 bits per heavy atom. The number of hydrogen-bond donors (Lipinski definition) is 1. The van der Waals surface area contributed by atoms with Crippen LogP contribution in [0.3, 0.4) is 0 Å². The van der Waals surface area contributed by atoms with Crippen LogP contribution >= 0.6 is 0 Å². The predicted molar refractivity (Wildman–Crippen MR) is 110 cm³/mol. The van der Waals surface area contributed by atoms with Crippen molar-refractivity contribution in [3.05, 3.63) is 62.7 Å². The summed E-state index contributed by atoms with van der Waals surface area (Å²) in [6.45, 7) is -0.226. The van der Waals surface area contributed by atoms with Crippen LogP contribution in [0, 0.1) is 5.82 Å². The maximum Gasteiger partial charge on any atom is 0.332 e. The Bertz CT molecular complexity index is 1190. The van der Waals surface area contributed by atoms with Gasteiger partial charge in [-0.1, -0.05) is 31.4 Å². The molecule has 2 aromatic heterocycles. The van der Waals surface area contributed by atoms with Crippen LogP contribution in [-0.2, 0) is 24.9 Å². The molecule has 1 aliphatic rings. The first-order valence-corrected chi connectivity index (χ1v) is 10.1. The summed E-state index contributed by atoms with van der Waals surface area (Å²) in [5.74, 6) is -0.663. The Morgan fingerprint density at radius 3 is 2.53 bits per heavy atom. The van der Waals surface area contributed by atoms with E-state index in [4.69, 9.17) is 0 Å². The third-order valence-electron chi connectivity index (χ3n) is 5.54. The lowest BCUT2D eigenvalue weighted by Gasteiger charge is -2.23. The van der Waals surface area contributed by atoms with E-state index in [0.717, 1.165) is 30.3 Å². The van der Waals surface area contributed by atoms with Crippen molar-refractivity contribution in [3.63, 3.8) is 0 Å². The van der Waals surface area contributed by atoms with Gasteiger partial charge in [-0.3, -0.25) is 23.4 Å². The summed E-state index contributed by atoms with van der Waals surface area (Å²) < 4.78 is 17.0. The van der Waals surface area contributed by atoms with Gasteiger partial charge < -0.3 is 5.32 Å². The van der Waals surface area contributed by atoms with Crippen LogP contribution in [-0.4, -0.2) is 30.9 Å². The van der Waals surface area contributed by atoms with Gasteiger partial charge in [-0.15, -0.1) is 0 Å². The molecule has 0 radical (unpaired) electrons. The maximum atomic E-state index is 13.2. The van der Waals surface area contributed by atoms with Crippen LogP contribution in [0.1, 0.15) is 37.7 Å². The van der Waals surface area contributed by atoms with E-state index in [1.165, 1.54) is 39.9 Å². The normalized spacial score (nSPS) is 14.9. The average molecular weight is 413 g/mol. The van der Waals surface area contributed by atoms with Crippen molar-refractivity contribution in [2.24, 2.45) is 7.05 Å². The molecule has 0 spiro atoms. The van der Waals surface area contributed by atoms with E-state index < -0.39 is 17.1 Å². The summed E-state index contributed by atoms with van der Waals surface area (Å²) >= 11 is 0. The summed E-state index contributed by atoms with van der Waals surface area (Å²) in [6.07, 6.45) is 6.78. The molecule has 30 heavy (non-hydrogen) atoms. The number of carbonyl (C=O) groups is 1. The quantitative estimate of drug-likeness (QED) is 0.687. The zero-order valence-corrected chi connectivity index (χ0v) is 16.8. The number of nitrogens with one attached hydrogen (secondary N) is 1. The summed E-state index contributed by atoms with van der Waals surface area (Å²) in [7, 11) is 1.65. The van der Waals surface area contributed by atoms with E-state index in [9.17, 15) is 18.8 Å². The molecule has 0 atom stereocenters. The molecule has 9 heteroatoms. The number of rotatable bonds is 5. The van der Waals surface area contributed by atoms with Crippen LogP contribution < -0.4 is 16.6 Å². The minimum Gasteiger partial charge on any atom is -0.352 e. The second-order valence-electron chi connectivity index (χ2n) is 7.83. The standard InChI is InChI=1S/C21H24FN5O3/c1-25-12-17-19(24-25)20(29)27(11-14-7-9-15(22)10-8-14)21(30)26(17)13-18(28)23-16-5-3-2-4-6-16/h7-10,12,16H,2-6,11,13H2,1H3,(H,23,28). The van der Waals surface area contributed by atoms with E-state index in [1.807, 2.05) is 0 Å². The Morgan fingerprint density at radius 1 is 1.13 bits per heavy atom. The molecule has 8 nitrogen and oxygen atoms in total.